The minimum absolute atomic E-state index is 0.152. The minimum Gasteiger partial charge on any atom is -0.374 e. The molecule has 2 unspecified atom stereocenters. The molecule has 2 atom stereocenters. The molecule has 12 heavy (non-hydrogen) atoms. The lowest BCUT2D eigenvalue weighted by Crippen LogP contribution is -2.06. The van der Waals surface area contributed by atoms with Crippen LogP contribution in [-0.4, -0.2) is 17.3 Å². The van der Waals surface area contributed by atoms with E-state index in [9.17, 15) is 0 Å². The molecular weight excluding hydrogens is 158 g/mol. The molecule has 1 heterocycles. The lowest BCUT2D eigenvalue weighted by Gasteiger charge is -2.01. The van der Waals surface area contributed by atoms with Gasteiger partial charge >= 0.3 is 0 Å². The summed E-state index contributed by atoms with van der Waals surface area (Å²) in [5.74, 6) is 0.971. The number of nitrogens with two attached hydrogens (primary N) is 1. The summed E-state index contributed by atoms with van der Waals surface area (Å²) < 4.78 is 9.89. The summed E-state index contributed by atoms with van der Waals surface area (Å²) >= 11 is 0. The van der Waals surface area contributed by atoms with Crippen molar-refractivity contribution in [1.29, 1.82) is 0 Å². The molecule has 0 amide bonds. The molecule has 68 valence electrons. The van der Waals surface area contributed by atoms with Crippen molar-refractivity contribution in [3.63, 3.8) is 0 Å². The molecule has 0 saturated carbocycles. The highest BCUT2D eigenvalue weighted by Gasteiger charge is 2.14. The average molecular weight is 171 g/mol. The Labute approximate surface area is 70.9 Å². The number of methoxy groups -OCH3 is 1. The summed E-state index contributed by atoms with van der Waals surface area (Å²) in [5.41, 5.74) is 5.53. The minimum atomic E-state index is -0.227. The van der Waals surface area contributed by atoms with Gasteiger partial charge in [-0.15, -0.1) is 0 Å². The first-order valence-electron chi connectivity index (χ1n) is 3.77. The normalized spacial score (nSPS) is 16.0. The molecular formula is C7H13N3O2. The third kappa shape index (κ3) is 1.80. The van der Waals surface area contributed by atoms with Gasteiger partial charge in [0, 0.05) is 7.11 Å². The Kier molecular flexibility index (Phi) is 2.78. The highest BCUT2D eigenvalue weighted by atomic mass is 16.5. The number of hydrogen-bond donors (Lipinski definition) is 1. The van der Waals surface area contributed by atoms with Crippen LogP contribution in [0.1, 0.15) is 37.7 Å². The van der Waals surface area contributed by atoms with Crippen LogP contribution in [0.5, 0.6) is 0 Å². The zero-order valence-corrected chi connectivity index (χ0v) is 7.44. The van der Waals surface area contributed by atoms with Gasteiger partial charge in [-0.2, -0.15) is 4.98 Å². The second-order valence-corrected chi connectivity index (χ2v) is 2.66. The fourth-order valence-corrected chi connectivity index (χ4v) is 0.703. The highest BCUT2D eigenvalue weighted by Crippen LogP contribution is 2.13. The van der Waals surface area contributed by atoms with Crippen molar-refractivity contribution in [2.45, 2.75) is 26.0 Å². The van der Waals surface area contributed by atoms with Crippen molar-refractivity contribution < 1.29 is 9.26 Å². The van der Waals surface area contributed by atoms with Gasteiger partial charge in [0.1, 0.15) is 6.10 Å². The molecule has 0 aromatic carbocycles. The second kappa shape index (κ2) is 3.64. The van der Waals surface area contributed by atoms with E-state index < -0.39 is 0 Å². The maximum Gasteiger partial charge on any atom is 0.243 e. The Morgan fingerprint density at radius 3 is 2.58 bits per heavy atom. The number of ether oxygens (including phenoxy) is 1. The van der Waals surface area contributed by atoms with Crippen molar-refractivity contribution in [2.24, 2.45) is 5.73 Å². The van der Waals surface area contributed by atoms with Crippen LogP contribution in [-0.2, 0) is 4.74 Å². The highest BCUT2D eigenvalue weighted by molar-refractivity contribution is 4.92. The van der Waals surface area contributed by atoms with Gasteiger partial charge in [-0.1, -0.05) is 5.16 Å². The Morgan fingerprint density at radius 2 is 2.17 bits per heavy atom. The zero-order valence-electron chi connectivity index (χ0n) is 7.44. The maximum atomic E-state index is 5.53. The first-order chi connectivity index (χ1) is 5.65. The Morgan fingerprint density at radius 1 is 1.50 bits per heavy atom. The van der Waals surface area contributed by atoms with Gasteiger partial charge in [0.15, 0.2) is 5.82 Å². The monoisotopic (exact) mass is 171 g/mol. The largest absolute Gasteiger partial charge is 0.374 e. The fourth-order valence-electron chi connectivity index (χ4n) is 0.703. The Bertz CT molecular complexity index is 247. The van der Waals surface area contributed by atoms with E-state index in [1.54, 1.807) is 14.0 Å². The van der Waals surface area contributed by atoms with E-state index >= 15 is 0 Å². The molecule has 1 aromatic rings. The summed E-state index contributed by atoms with van der Waals surface area (Å²) in [4.78, 5) is 4.05. The summed E-state index contributed by atoms with van der Waals surface area (Å²) in [6, 6.07) is -0.227. The maximum absolute atomic E-state index is 5.53. The van der Waals surface area contributed by atoms with Gasteiger partial charge in [0.05, 0.1) is 6.04 Å². The number of rotatable bonds is 3. The Balaban J connectivity index is 2.77. The molecule has 5 heteroatoms. The zero-order chi connectivity index (χ0) is 9.14. The molecule has 0 saturated heterocycles. The summed E-state index contributed by atoms with van der Waals surface area (Å²) in [6.07, 6.45) is -0.152. The van der Waals surface area contributed by atoms with Crippen molar-refractivity contribution in [2.75, 3.05) is 7.11 Å². The van der Waals surface area contributed by atoms with Crippen LogP contribution in [0.15, 0.2) is 4.52 Å². The third-order valence-electron chi connectivity index (χ3n) is 1.56. The van der Waals surface area contributed by atoms with E-state index in [1.807, 2.05) is 6.92 Å². The topological polar surface area (TPSA) is 74.2 Å². The van der Waals surface area contributed by atoms with Gasteiger partial charge in [0.2, 0.25) is 5.89 Å². The number of aromatic nitrogens is 2. The quantitative estimate of drug-likeness (QED) is 0.728. The molecule has 1 aromatic heterocycles. The van der Waals surface area contributed by atoms with Crippen molar-refractivity contribution in [1.82, 2.24) is 10.1 Å². The van der Waals surface area contributed by atoms with Crippen LogP contribution < -0.4 is 5.73 Å². The van der Waals surface area contributed by atoms with Crippen molar-refractivity contribution in [3.05, 3.63) is 11.7 Å². The van der Waals surface area contributed by atoms with Gasteiger partial charge in [-0.3, -0.25) is 0 Å². The molecule has 5 nitrogen and oxygen atoms in total. The van der Waals surface area contributed by atoms with Crippen LogP contribution in [0.2, 0.25) is 0 Å². The van der Waals surface area contributed by atoms with E-state index in [-0.39, 0.29) is 12.1 Å². The van der Waals surface area contributed by atoms with Gasteiger partial charge in [0.25, 0.3) is 0 Å². The van der Waals surface area contributed by atoms with E-state index in [0.29, 0.717) is 11.7 Å². The SMILES string of the molecule is COC(C)c1noc(C(C)N)n1. The first kappa shape index (κ1) is 9.15. The first-order valence-corrected chi connectivity index (χ1v) is 3.77. The van der Waals surface area contributed by atoms with Gasteiger partial charge in [-0.25, -0.2) is 0 Å². The van der Waals surface area contributed by atoms with Crippen LogP contribution in [0.25, 0.3) is 0 Å². The molecule has 1 rings (SSSR count). The summed E-state index contributed by atoms with van der Waals surface area (Å²) in [5, 5.41) is 3.72. The van der Waals surface area contributed by atoms with E-state index in [0.717, 1.165) is 0 Å². The molecule has 0 spiro atoms. The second-order valence-electron chi connectivity index (χ2n) is 2.66. The van der Waals surface area contributed by atoms with E-state index in [4.69, 9.17) is 15.0 Å². The number of hydrogen-bond acceptors (Lipinski definition) is 5. The van der Waals surface area contributed by atoms with Crippen LogP contribution in [0, 0.1) is 0 Å². The molecule has 0 bridgehead atoms. The molecule has 0 radical (unpaired) electrons. The van der Waals surface area contributed by atoms with Crippen molar-refractivity contribution in [3.8, 4) is 0 Å². The van der Waals surface area contributed by atoms with Crippen LogP contribution >= 0.6 is 0 Å². The average Bonchev–Trinajstić information content (AvgIpc) is 2.51. The van der Waals surface area contributed by atoms with Crippen molar-refractivity contribution >= 4 is 0 Å². The standard InChI is InChI=1S/C7H13N3O2/c1-4(8)7-9-6(10-12-7)5(2)11-3/h4-5H,8H2,1-3H3. The summed E-state index contributed by atoms with van der Waals surface area (Å²) in [7, 11) is 1.59. The molecule has 0 aliphatic carbocycles. The number of nitrogens with zero attached hydrogens (tertiary/aromatic N) is 2. The van der Waals surface area contributed by atoms with Gasteiger partial charge in [-0.05, 0) is 13.8 Å². The third-order valence-corrected chi connectivity index (χ3v) is 1.56. The fraction of sp³-hybridized carbons (Fsp3) is 0.714. The van der Waals surface area contributed by atoms with Gasteiger partial charge < -0.3 is 15.0 Å². The molecule has 0 aliphatic rings. The van der Waals surface area contributed by atoms with E-state index in [1.165, 1.54) is 0 Å². The molecule has 0 aliphatic heterocycles. The predicted octanol–water partition coefficient (Wildman–Crippen LogP) is 0.797. The summed E-state index contributed by atoms with van der Waals surface area (Å²) in [6.45, 7) is 3.63. The predicted molar refractivity (Wildman–Crippen MR) is 42.3 cm³/mol. The van der Waals surface area contributed by atoms with Crippen LogP contribution in [0.4, 0.5) is 0 Å². The lowest BCUT2D eigenvalue weighted by molar-refractivity contribution is 0.109. The molecule has 0 fully saturated rings. The Hall–Kier alpha value is -0.940. The lowest BCUT2D eigenvalue weighted by atomic mass is 10.3. The smallest absolute Gasteiger partial charge is 0.243 e. The molecule has 2 N–H and O–H groups in total. The van der Waals surface area contributed by atoms with E-state index in [2.05, 4.69) is 10.1 Å². The van der Waals surface area contributed by atoms with Crippen LogP contribution in [0.3, 0.4) is 0 Å².